The zero-order valence-electron chi connectivity index (χ0n) is 13.8. The molecule has 3 aromatic carbocycles. The van der Waals surface area contributed by atoms with E-state index in [9.17, 15) is 18.0 Å². The third-order valence-electron chi connectivity index (χ3n) is 4.52. The van der Waals surface area contributed by atoms with Gasteiger partial charge in [0.2, 0.25) is 0 Å². The summed E-state index contributed by atoms with van der Waals surface area (Å²) in [5.74, 6) is 0.0982. The van der Waals surface area contributed by atoms with Gasteiger partial charge in [0.25, 0.3) is 5.91 Å². The molecule has 0 aromatic heterocycles. The number of anilines is 1. The van der Waals surface area contributed by atoms with Gasteiger partial charge < -0.3 is 4.74 Å². The molecule has 1 aliphatic heterocycles. The van der Waals surface area contributed by atoms with Crippen molar-refractivity contribution in [3.63, 3.8) is 0 Å². The first-order valence-electron chi connectivity index (χ1n) is 7.98. The smallest absolute Gasteiger partial charge is 0.406 e. The van der Waals surface area contributed by atoms with Crippen LogP contribution in [0.25, 0.3) is 21.9 Å². The van der Waals surface area contributed by atoms with Gasteiger partial charge in [-0.1, -0.05) is 30.3 Å². The number of rotatable bonds is 3. The Morgan fingerprint density at radius 3 is 2.35 bits per heavy atom. The number of hydrogen-bond acceptors (Lipinski definition) is 2. The third kappa shape index (κ3) is 2.58. The second-order valence-corrected chi connectivity index (χ2v) is 6.10. The van der Waals surface area contributed by atoms with Crippen molar-refractivity contribution in [3.8, 4) is 16.9 Å². The van der Waals surface area contributed by atoms with Gasteiger partial charge >= 0.3 is 6.18 Å². The third-order valence-corrected chi connectivity index (χ3v) is 4.52. The topological polar surface area (TPSA) is 29.5 Å². The van der Waals surface area contributed by atoms with Crippen LogP contribution in [0, 0.1) is 0 Å². The molecule has 0 bridgehead atoms. The molecule has 0 atom stereocenters. The molecule has 26 heavy (non-hydrogen) atoms. The van der Waals surface area contributed by atoms with Crippen molar-refractivity contribution >= 4 is 22.4 Å². The summed E-state index contributed by atoms with van der Waals surface area (Å²) >= 11 is 0. The molecule has 0 saturated carbocycles. The highest BCUT2D eigenvalue weighted by Gasteiger charge is 2.39. The maximum Gasteiger partial charge on any atom is 0.406 e. The van der Waals surface area contributed by atoms with Crippen LogP contribution in [0.4, 0.5) is 18.9 Å². The Morgan fingerprint density at radius 1 is 0.962 bits per heavy atom. The molecule has 0 unspecified atom stereocenters. The van der Waals surface area contributed by atoms with Crippen molar-refractivity contribution in [2.45, 2.75) is 6.18 Å². The van der Waals surface area contributed by atoms with Gasteiger partial charge in [-0.15, -0.1) is 0 Å². The first-order valence-corrected chi connectivity index (χ1v) is 7.98. The molecule has 0 spiro atoms. The fourth-order valence-corrected chi connectivity index (χ4v) is 3.40. The van der Waals surface area contributed by atoms with Crippen LogP contribution in [-0.4, -0.2) is 25.7 Å². The Labute approximate surface area is 147 Å². The summed E-state index contributed by atoms with van der Waals surface area (Å²) in [6.07, 6.45) is -4.46. The van der Waals surface area contributed by atoms with E-state index in [0.29, 0.717) is 22.4 Å². The highest BCUT2D eigenvalue weighted by atomic mass is 19.4. The lowest BCUT2D eigenvalue weighted by Gasteiger charge is -2.19. The monoisotopic (exact) mass is 357 g/mol. The predicted molar refractivity (Wildman–Crippen MR) is 93.7 cm³/mol. The summed E-state index contributed by atoms with van der Waals surface area (Å²) in [4.78, 5) is 13.3. The van der Waals surface area contributed by atoms with Gasteiger partial charge in [0.05, 0.1) is 12.8 Å². The fraction of sp³-hybridized carbons (Fsp3) is 0.150. The molecule has 0 radical (unpaired) electrons. The number of nitrogens with zero attached hydrogens (tertiary/aromatic N) is 1. The highest BCUT2D eigenvalue weighted by molar-refractivity contribution is 6.26. The van der Waals surface area contributed by atoms with Gasteiger partial charge in [-0.05, 0) is 40.8 Å². The summed E-state index contributed by atoms with van der Waals surface area (Å²) in [6.45, 7) is -1.29. The molecule has 132 valence electrons. The van der Waals surface area contributed by atoms with Crippen molar-refractivity contribution in [2.75, 3.05) is 18.6 Å². The van der Waals surface area contributed by atoms with Crippen LogP contribution in [0.3, 0.4) is 0 Å². The average molecular weight is 357 g/mol. The SMILES string of the molecule is COc1ccc(-c2ccc3c4c(cccc24)C(=O)N3CC(F)(F)F)cc1. The standard InChI is InChI=1S/C20H14F3NO2/c1-26-13-7-5-12(6-8-13)14-9-10-17-18-15(14)3-2-4-16(18)19(25)24(17)11-20(21,22)23/h2-10H,11H2,1H3. The quantitative estimate of drug-likeness (QED) is 0.657. The molecule has 0 fully saturated rings. The predicted octanol–water partition coefficient (Wildman–Crippen LogP) is 5.04. The van der Waals surface area contributed by atoms with Gasteiger partial charge in [0.1, 0.15) is 12.3 Å². The maximum atomic E-state index is 12.9. The number of amides is 1. The van der Waals surface area contributed by atoms with Gasteiger partial charge in [-0.3, -0.25) is 9.69 Å². The number of carbonyl (C=O) groups is 1. The molecular formula is C20H14F3NO2. The van der Waals surface area contributed by atoms with Gasteiger partial charge in [-0.2, -0.15) is 13.2 Å². The largest absolute Gasteiger partial charge is 0.497 e. The lowest BCUT2D eigenvalue weighted by atomic mass is 9.96. The van der Waals surface area contributed by atoms with E-state index in [4.69, 9.17) is 4.74 Å². The zero-order chi connectivity index (χ0) is 18.5. The minimum Gasteiger partial charge on any atom is -0.497 e. The highest BCUT2D eigenvalue weighted by Crippen LogP contribution is 2.42. The summed E-state index contributed by atoms with van der Waals surface area (Å²) in [6, 6.07) is 15.8. The molecular weight excluding hydrogens is 343 g/mol. The van der Waals surface area contributed by atoms with Gasteiger partial charge in [-0.25, -0.2) is 0 Å². The molecule has 1 amide bonds. The van der Waals surface area contributed by atoms with E-state index >= 15 is 0 Å². The molecule has 3 aromatic rings. The summed E-state index contributed by atoms with van der Waals surface area (Å²) in [7, 11) is 1.58. The van der Waals surface area contributed by atoms with Crippen LogP contribution in [0.1, 0.15) is 10.4 Å². The number of ether oxygens (including phenoxy) is 1. The number of hydrogen-bond donors (Lipinski definition) is 0. The fourth-order valence-electron chi connectivity index (χ4n) is 3.40. The van der Waals surface area contributed by atoms with Crippen molar-refractivity contribution in [3.05, 3.63) is 60.2 Å². The van der Waals surface area contributed by atoms with Gasteiger partial charge in [0.15, 0.2) is 0 Å². The van der Waals surface area contributed by atoms with Crippen LogP contribution in [0.2, 0.25) is 0 Å². The molecule has 1 heterocycles. The van der Waals surface area contributed by atoms with Gasteiger partial charge in [0, 0.05) is 10.9 Å². The first-order chi connectivity index (χ1) is 12.4. The molecule has 0 aliphatic carbocycles. The minimum atomic E-state index is -4.46. The molecule has 3 nitrogen and oxygen atoms in total. The minimum absolute atomic E-state index is 0.301. The van der Waals surface area contributed by atoms with Crippen molar-refractivity contribution < 1.29 is 22.7 Å². The second-order valence-electron chi connectivity index (χ2n) is 6.10. The molecule has 1 aliphatic rings. The number of methoxy groups -OCH3 is 1. The second kappa shape index (κ2) is 5.76. The van der Waals surface area contributed by atoms with Crippen LogP contribution in [0.15, 0.2) is 54.6 Å². The van der Waals surface area contributed by atoms with E-state index in [2.05, 4.69) is 0 Å². The number of carbonyl (C=O) groups excluding carboxylic acids is 1. The molecule has 4 rings (SSSR count). The lowest BCUT2D eigenvalue weighted by Crippen LogP contribution is -2.36. The zero-order valence-corrected chi connectivity index (χ0v) is 13.8. The van der Waals surface area contributed by atoms with Crippen LogP contribution in [0.5, 0.6) is 5.75 Å². The molecule has 0 N–H and O–H groups in total. The van der Waals surface area contributed by atoms with Crippen molar-refractivity contribution in [2.24, 2.45) is 0 Å². The number of benzene rings is 3. The molecule has 0 saturated heterocycles. The van der Waals surface area contributed by atoms with Crippen molar-refractivity contribution in [1.29, 1.82) is 0 Å². The average Bonchev–Trinajstić information content (AvgIpc) is 2.88. The summed E-state index contributed by atoms with van der Waals surface area (Å²) in [5.41, 5.74) is 2.36. The van der Waals surface area contributed by atoms with Crippen LogP contribution >= 0.6 is 0 Å². The maximum absolute atomic E-state index is 12.9. The van der Waals surface area contributed by atoms with Crippen LogP contribution < -0.4 is 9.64 Å². The Kier molecular flexibility index (Phi) is 3.64. The van der Waals surface area contributed by atoms with Crippen molar-refractivity contribution in [1.82, 2.24) is 0 Å². The Hall–Kier alpha value is -3.02. The van der Waals surface area contributed by atoms with E-state index in [-0.39, 0.29) is 0 Å². The Balaban J connectivity index is 1.89. The van der Waals surface area contributed by atoms with E-state index in [1.54, 1.807) is 31.4 Å². The van der Waals surface area contributed by atoms with E-state index in [0.717, 1.165) is 21.4 Å². The lowest BCUT2D eigenvalue weighted by molar-refractivity contribution is -0.118. The normalized spacial score (nSPS) is 13.5. The Morgan fingerprint density at radius 2 is 1.69 bits per heavy atom. The Bertz CT molecular complexity index is 1010. The van der Waals surface area contributed by atoms with E-state index in [1.165, 1.54) is 0 Å². The van der Waals surface area contributed by atoms with E-state index < -0.39 is 18.6 Å². The first kappa shape index (κ1) is 16.4. The molecule has 6 heteroatoms. The number of alkyl halides is 3. The summed E-state index contributed by atoms with van der Waals surface area (Å²) < 4.78 is 43.8. The summed E-state index contributed by atoms with van der Waals surface area (Å²) in [5, 5.41) is 1.32. The van der Waals surface area contributed by atoms with E-state index in [1.807, 2.05) is 30.3 Å². The van der Waals surface area contributed by atoms with Crippen LogP contribution in [-0.2, 0) is 0 Å². The number of halogens is 3.